The Hall–Kier alpha value is 0.244. The van der Waals surface area contributed by atoms with Gasteiger partial charge in [-0.05, 0) is 5.41 Å². The van der Waals surface area contributed by atoms with Crippen molar-refractivity contribution in [2.24, 2.45) is 16.7 Å². The van der Waals surface area contributed by atoms with Crippen LogP contribution in [0.2, 0.25) is 0 Å². The maximum atomic E-state index is 11.8. The SMILES string of the molecule is [CH2-]C(CC(C)(C)C)C(=O)C(C)(C)C.[CH2-]CCCC(=O)NC.[Y]. The number of unbranched alkanes of at least 4 members (excludes halogenated alkanes) is 1. The van der Waals surface area contributed by atoms with Crippen molar-refractivity contribution < 1.29 is 42.3 Å². The van der Waals surface area contributed by atoms with E-state index in [4.69, 9.17) is 0 Å². The van der Waals surface area contributed by atoms with Gasteiger partial charge in [0, 0.05) is 51.6 Å². The summed E-state index contributed by atoms with van der Waals surface area (Å²) in [6.07, 6.45) is 3.20. The average molecular weight is 386 g/mol. The van der Waals surface area contributed by atoms with Gasteiger partial charge in [0.1, 0.15) is 5.78 Å². The molecule has 0 aliphatic heterocycles. The van der Waals surface area contributed by atoms with E-state index in [1.54, 1.807) is 7.05 Å². The van der Waals surface area contributed by atoms with E-state index in [-0.39, 0.29) is 61.1 Å². The standard InChI is InChI=1S/C12H23O.C6H12NO.Y/c1-9(8-11(2,3)4)10(13)12(5,6)7;1-3-4-5-6(8)7-2;/h9H,1,8H2,2-7H3;1,3-5H2,2H3,(H,7,8);/q2*-1;. The monoisotopic (exact) mass is 386 g/mol. The minimum Gasteiger partial charge on any atom is -0.359 e. The molecular weight excluding hydrogens is 351 g/mol. The molecule has 0 aromatic rings. The zero-order valence-electron chi connectivity index (χ0n) is 15.7. The molecule has 3 nitrogen and oxygen atoms in total. The topological polar surface area (TPSA) is 46.2 Å². The zero-order valence-corrected chi connectivity index (χ0v) is 18.6. The van der Waals surface area contributed by atoms with Crippen LogP contribution in [0.15, 0.2) is 0 Å². The molecule has 1 N–H and O–H groups in total. The number of ketones is 1. The van der Waals surface area contributed by atoms with Gasteiger partial charge in [-0.2, -0.15) is 6.42 Å². The van der Waals surface area contributed by atoms with Gasteiger partial charge in [-0.25, -0.2) is 0 Å². The summed E-state index contributed by atoms with van der Waals surface area (Å²) in [5, 5.41) is 2.53. The molecule has 1 radical (unpaired) electrons. The third kappa shape index (κ3) is 16.6. The number of rotatable bonds is 5. The van der Waals surface area contributed by atoms with Crippen LogP contribution in [0.5, 0.6) is 0 Å². The molecule has 0 aromatic heterocycles. The van der Waals surface area contributed by atoms with Crippen LogP contribution in [0.3, 0.4) is 0 Å². The van der Waals surface area contributed by atoms with Gasteiger partial charge < -0.3 is 24.0 Å². The quantitative estimate of drug-likeness (QED) is 0.719. The molecule has 4 heteroatoms. The maximum Gasteiger partial charge on any atom is 0.219 e. The fourth-order valence-electron chi connectivity index (χ4n) is 1.85. The predicted octanol–water partition coefficient (Wildman–Crippen LogP) is 4.22. The third-order valence-corrected chi connectivity index (χ3v) is 2.90. The molecule has 0 aromatic carbocycles. The van der Waals surface area contributed by atoms with Gasteiger partial charge in [-0.15, -0.1) is 5.92 Å². The van der Waals surface area contributed by atoms with Gasteiger partial charge in [0.2, 0.25) is 5.91 Å². The number of carbonyl (C=O) groups excluding carboxylic acids is 2. The number of amides is 1. The van der Waals surface area contributed by atoms with Gasteiger partial charge in [-0.3, -0.25) is 4.79 Å². The van der Waals surface area contributed by atoms with Crippen LogP contribution in [-0.2, 0) is 42.3 Å². The van der Waals surface area contributed by atoms with Crippen LogP contribution in [0, 0.1) is 30.6 Å². The molecule has 0 aliphatic carbocycles. The fraction of sp³-hybridized carbons (Fsp3) is 0.778. The van der Waals surface area contributed by atoms with Crippen molar-refractivity contribution in [3.8, 4) is 0 Å². The van der Waals surface area contributed by atoms with Crippen LogP contribution < -0.4 is 5.32 Å². The molecule has 1 atom stereocenters. The third-order valence-electron chi connectivity index (χ3n) is 2.90. The predicted molar refractivity (Wildman–Crippen MR) is 90.7 cm³/mol. The normalized spacial score (nSPS) is 12.4. The first-order valence-electron chi connectivity index (χ1n) is 7.72. The van der Waals surface area contributed by atoms with E-state index in [0.29, 0.717) is 6.42 Å². The molecule has 0 fully saturated rings. The van der Waals surface area contributed by atoms with Gasteiger partial charge in [0.25, 0.3) is 0 Å². The summed E-state index contributed by atoms with van der Waals surface area (Å²) in [5.74, 6) is 0.302. The van der Waals surface area contributed by atoms with Crippen LogP contribution in [-0.4, -0.2) is 18.7 Å². The first-order valence-corrected chi connectivity index (χ1v) is 7.72. The van der Waals surface area contributed by atoms with Crippen molar-refractivity contribution in [1.29, 1.82) is 0 Å². The second-order valence-corrected chi connectivity index (χ2v) is 7.71. The van der Waals surface area contributed by atoms with Crippen molar-refractivity contribution in [1.82, 2.24) is 5.32 Å². The molecule has 1 unspecified atom stereocenters. The molecule has 129 valence electrons. The Bertz CT molecular complexity index is 314. The van der Waals surface area contributed by atoms with E-state index in [1.807, 2.05) is 20.8 Å². The molecule has 0 rings (SSSR count). The zero-order chi connectivity index (χ0) is 17.3. The van der Waals surface area contributed by atoms with Gasteiger partial charge in [0.05, 0.1) is 0 Å². The molecule has 0 spiro atoms. The molecule has 0 saturated carbocycles. The van der Waals surface area contributed by atoms with Crippen LogP contribution >= 0.6 is 0 Å². The van der Waals surface area contributed by atoms with E-state index in [9.17, 15) is 9.59 Å². The van der Waals surface area contributed by atoms with Crippen molar-refractivity contribution in [2.75, 3.05) is 7.05 Å². The Kier molecular flexibility index (Phi) is 15.6. The van der Waals surface area contributed by atoms with E-state index in [2.05, 4.69) is 39.9 Å². The van der Waals surface area contributed by atoms with Crippen molar-refractivity contribution >= 4 is 11.7 Å². The Morgan fingerprint density at radius 2 is 1.55 bits per heavy atom. The maximum absolute atomic E-state index is 11.8. The first-order chi connectivity index (χ1) is 9.35. The summed E-state index contributed by atoms with van der Waals surface area (Å²) < 4.78 is 0. The number of carbonyl (C=O) groups is 2. The Labute approximate surface area is 163 Å². The van der Waals surface area contributed by atoms with Gasteiger partial charge >= 0.3 is 0 Å². The Morgan fingerprint density at radius 3 is 1.82 bits per heavy atom. The van der Waals surface area contributed by atoms with Crippen LogP contribution in [0.25, 0.3) is 0 Å². The summed E-state index contributed by atoms with van der Waals surface area (Å²) in [6.45, 7) is 19.8. The summed E-state index contributed by atoms with van der Waals surface area (Å²) >= 11 is 0. The molecule has 0 aliphatic rings. The summed E-state index contributed by atoms with van der Waals surface area (Å²) in [4.78, 5) is 22.2. The van der Waals surface area contributed by atoms with Gasteiger partial charge in [0.15, 0.2) is 0 Å². The summed E-state index contributed by atoms with van der Waals surface area (Å²) in [5.41, 5.74) is -0.0645. The van der Waals surface area contributed by atoms with Crippen LogP contribution in [0.4, 0.5) is 0 Å². The number of nitrogens with one attached hydrogen (secondary N) is 1. The van der Waals surface area contributed by atoms with E-state index in [1.165, 1.54) is 0 Å². The average Bonchev–Trinajstić information content (AvgIpc) is 2.32. The van der Waals surface area contributed by atoms with Crippen molar-refractivity contribution in [2.45, 2.75) is 67.2 Å². The smallest absolute Gasteiger partial charge is 0.219 e. The van der Waals surface area contributed by atoms with E-state index < -0.39 is 0 Å². The molecule has 22 heavy (non-hydrogen) atoms. The van der Waals surface area contributed by atoms with Gasteiger partial charge in [-0.1, -0.05) is 54.4 Å². The Morgan fingerprint density at radius 1 is 1.09 bits per heavy atom. The minimum absolute atomic E-state index is 0. The van der Waals surface area contributed by atoms with E-state index in [0.717, 1.165) is 19.3 Å². The number of hydrogen-bond donors (Lipinski definition) is 1. The largest absolute Gasteiger partial charge is 0.359 e. The minimum atomic E-state index is -0.252. The summed E-state index contributed by atoms with van der Waals surface area (Å²) in [6, 6.07) is 0. The Balaban J connectivity index is -0.000000348. The first kappa shape index (κ1) is 27.1. The second kappa shape index (κ2) is 12.6. The summed E-state index contributed by atoms with van der Waals surface area (Å²) in [7, 11) is 1.64. The second-order valence-electron chi connectivity index (χ2n) is 7.71. The molecule has 0 heterocycles. The molecular formula is C18H35NO2Y-2. The molecule has 0 bridgehead atoms. The number of hydrogen-bond acceptors (Lipinski definition) is 2. The fourth-order valence-corrected chi connectivity index (χ4v) is 1.85. The van der Waals surface area contributed by atoms with Crippen molar-refractivity contribution in [3.05, 3.63) is 13.8 Å². The van der Waals surface area contributed by atoms with Crippen molar-refractivity contribution in [3.63, 3.8) is 0 Å². The number of Topliss-reactive ketones (excluding diaryl/α,β-unsaturated/α-hetero) is 1. The van der Waals surface area contributed by atoms with Crippen LogP contribution in [0.1, 0.15) is 67.2 Å². The molecule has 1 amide bonds. The van der Waals surface area contributed by atoms with E-state index >= 15 is 0 Å². The molecule has 0 saturated heterocycles.